The van der Waals surface area contributed by atoms with Crippen LogP contribution in [0, 0.1) is 0 Å². The molecule has 0 aliphatic carbocycles. The van der Waals surface area contributed by atoms with E-state index in [-0.39, 0.29) is 5.75 Å². The zero-order valence-corrected chi connectivity index (χ0v) is 8.66. The summed E-state index contributed by atoms with van der Waals surface area (Å²) in [6, 6.07) is 5.41. The second-order valence-electron chi connectivity index (χ2n) is 3.41. The lowest BCUT2D eigenvalue weighted by Crippen LogP contribution is -2.04. The highest BCUT2D eigenvalue weighted by Crippen LogP contribution is 2.30. The number of hydrogen-bond donors (Lipinski definition) is 2. The maximum Gasteiger partial charge on any atom is 0.160 e. The summed E-state index contributed by atoms with van der Waals surface area (Å²) < 4.78 is 5.03. The molecule has 0 unspecified atom stereocenters. The molecule has 0 bridgehead atoms. The van der Waals surface area contributed by atoms with Gasteiger partial charge in [-0.15, -0.1) is 0 Å². The van der Waals surface area contributed by atoms with Gasteiger partial charge in [-0.05, 0) is 36.6 Å². The van der Waals surface area contributed by atoms with E-state index in [0.29, 0.717) is 18.2 Å². The number of phenols is 1. The van der Waals surface area contributed by atoms with Crippen LogP contribution in [0.4, 0.5) is 0 Å². The number of methoxy groups -OCH3 is 1. The van der Waals surface area contributed by atoms with E-state index in [1.807, 2.05) is 12.1 Å². The summed E-state index contributed by atoms with van der Waals surface area (Å²) in [4.78, 5) is 0. The lowest BCUT2D eigenvalue weighted by atomic mass is 9.97. The number of rotatable bonds is 4. The first-order valence-electron chi connectivity index (χ1n) is 4.76. The number of ether oxygens (including phenoxy) is 1. The van der Waals surface area contributed by atoms with Crippen LogP contribution in [0.25, 0.3) is 0 Å². The number of benzene rings is 1. The van der Waals surface area contributed by atoms with E-state index in [9.17, 15) is 5.11 Å². The van der Waals surface area contributed by atoms with Crippen LogP contribution >= 0.6 is 0 Å². The quantitative estimate of drug-likeness (QED) is 0.771. The Labute approximate surface area is 84.5 Å². The van der Waals surface area contributed by atoms with Gasteiger partial charge in [-0.25, -0.2) is 0 Å². The number of hydrogen-bond acceptors (Lipinski definition) is 3. The third kappa shape index (κ3) is 2.39. The van der Waals surface area contributed by atoms with Crippen molar-refractivity contribution in [2.24, 2.45) is 5.73 Å². The molecule has 1 atom stereocenters. The Hall–Kier alpha value is -1.22. The Kier molecular flexibility index (Phi) is 3.77. The minimum Gasteiger partial charge on any atom is -0.504 e. The van der Waals surface area contributed by atoms with Gasteiger partial charge in [0.05, 0.1) is 7.11 Å². The molecule has 3 N–H and O–H groups in total. The average Bonchev–Trinajstić information content (AvgIpc) is 2.19. The van der Waals surface area contributed by atoms with Crippen molar-refractivity contribution in [3.05, 3.63) is 23.8 Å². The van der Waals surface area contributed by atoms with Crippen LogP contribution in [0.2, 0.25) is 0 Å². The normalized spacial score (nSPS) is 12.5. The molecule has 1 rings (SSSR count). The summed E-state index contributed by atoms with van der Waals surface area (Å²) >= 11 is 0. The van der Waals surface area contributed by atoms with Crippen molar-refractivity contribution in [1.29, 1.82) is 0 Å². The summed E-state index contributed by atoms with van der Waals surface area (Å²) in [7, 11) is 1.55. The van der Waals surface area contributed by atoms with Crippen LogP contribution in [-0.4, -0.2) is 18.8 Å². The molecule has 0 spiro atoms. The van der Waals surface area contributed by atoms with Crippen LogP contribution in [-0.2, 0) is 0 Å². The second-order valence-corrected chi connectivity index (χ2v) is 3.41. The minimum absolute atomic E-state index is 0.177. The fourth-order valence-corrected chi connectivity index (χ4v) is 1.42. The van der Waals surface area contributed by atoms with Crippen LogP contribution in [0.1, 0.15) is 24.8 Å². The zero-order chi connectivity index (χ0) is 10.6. The van der Waals surface area contributed by atoms with Crippen LogP contribution in [0.5, 0.6) is 11.5 Å². The summed E-state index contributed by atoms with van der Waals surface area (Å²) in [5.74, 6) is 1.09. The topological polar surface area (TPSA) is 55.5 Å². The van der Waals surface area contributed by atoms with Crippen molar-refractivity contribution in [1.82, 2.24) is 0 Å². The van der Waals surface area contributed by atoms with Gasteiger partial charge in [-0.2, -0.15) is 0 Å². The third-order valence-electron chi connectivity index (χ3n) is 2.37. The fraction of sp³-hybridized carbons (Fsp3) is 0.455. The molecule has 0 aliphatic heterocycles. The predicted molar refractivity (Wildman–Crippen MR) is 56.7 cm³/mol. The molecule has 0 fully saturated rings. The monoisotopic (exact) mass is 195 g/mol. The molecule has 1 aromatic carbocycles. The lowest BCUT2D eigenvalue weighted by Gasteiger charge is -2.12. The number of nitrogens with two attached hydrogens (primary N) is 1. The van der Waals surface area contributed by atoms with Gasteiger partial charge in [-0.1, -0.05) is 13.0 Å². The van der Waals surface area contributed by atoms with Gasteiger partial charge < -0.3 is 15.6 Å². The highest BCUT2D eigenvalue weighted by Gasteiger charge is 2.08. The van der Waals surface area contributed by atoms with E-state index in [4.69, 9.17) is 10.5 Å². The SMILES string of the molecule is COc1cc([C@H](C)CCN)ccc1O. The molecule has 0 heterocycles. The van der Waals surface area contributed by atoms with E-state index < -0.39 is 0 Å². The van der Waals surface area contributed by atoms with E-state index in [1.165, 1.54) is 0 Å². The minimum atomic E-state index is 0.177. The Balaban J connectivity index is 2.88. The molecule has 78 valence electrons. The van der Waals surface area contributed by atoms with E-state index in [0.717, 1.165) is 12.0 Å². The average molecular weight is 195 g/mol. The van der Waals surface area contributed by atoms with Crippen LogP contribution < -0.4 is 10.5 Å². The molecule has 1 aromatic rings. The molecular formula is C11H17NO2. The van der Waals surface area contributed by atoms with Crippen molar-refractivity contribution in [3.63, 3.8) is 0 Å². The largest absolute Gasteiger partial charge is 0.504 e. The molecule has 3 nitrogen and oxygen atoms in total. The van der Waals surface area contributed by atoms with Crippen LogP contribution in [0.15, 0.2) is 18.2 Å². The molecule has 0 saturated heterocycles. The summed E-state index contributed by atoms with van der Waals surface area (Å²) in [6.07, 6.45) is 0.938. The molecule has 14 heavy (non-hydrogen) atoms. The van der Waals surface area contributed by atoms with Crippen molar-refractivity contribution in [3.8, 4) is 11.5 Å². The molecule has 0 amide bonds. The van der Waals surface area contributed by atoms with Crippen LogP contribution in [0.3, 0.4) is 0 Å². The molecule has 0 radical (unpaired) electrons. The van der Waals surface area contributed by atoms with E-state index in [1.54, 1.807) is 13.2 Å². The van der Waals surface area contributed by atoms with Gasteiger partial charge in [0.15, 0.2) is 11.5 Å². The van der Waals surface area contributed by atoms with Crippen molar-refractivity contribution in [2.75, 3.05) is 13.7 Å². The van der Waals surface area contributed by atoms with Crippen molar-refractivity contribution < 1.29 is 9.84 Å². The molecule has 0 aromatic heterocycles. The highest BCUT2D eigenvalue weighted by atomic mass is 16.5. The predicted octanol–water partition coefficient (Wildman–Crippen LogP) is 1.85. The van der Waals surface area contributed by atoms with Gasteiger partial charge in [-0.3, -0.25) is 0 Å². The lowest BCUT2D eigenvalue weighted by molar-refractivity contribution is 0.372. The Bertz CT molecular complexity index is 299. The summed E-state index contributed by atoms with van der Waals surface area (Å²) in [6.45, 7) is 2.78. The standard InChI is InChI=1S/C11H17NO2/c1-8(5-6-12)9-3-4-10(13)11(7-9)14-2/h3-4,7-8,13H,5-6,12H2,1-2H3/t8-/m1/s1. The van der Waals surface area contributed by atoms with Gasteiger partial charge in [0, 0.05) is 0 Å². The Morgan fingerprint density at radius 3 is 2.79 bits per heavy atom. The van der Waals surface area contributed by atoms with Crippen molar-refractivity contribution in [2.45, 2.75) is 19.3 Å². The zero-order valence-electron chi connectivity index (χ0n) is 8.66. The Morgan fingerprint density at radius 1 is 1.50 bits per heavy atom. The third-order valence-corrected chi connectivity index (χ3v) is 2.37. The van der Waals surface area contributed by atoms with Crippen molar-refractivity contribution >= 4 is 0 Å². The maximum atomic E-state index is 9.40. The first kappa shape index (κ1) is 10.9. The summed E-state index contributed by atoms with van der Waals surface area (Å²) in [5, 5.41) is 9.40. The molecule has 3 heteroatoms. The first-order chi connectivity index (χ1) is 6.69. The van der Waals surface area contributed by atoms with E-state index >= 15 is 0 Å². The second kappa shape index (κ2) is 4.86. The van der Waals surface area contributed by atoms with Gasteiger partial charge in [0.1, 0.15) is 0 Å². The number of phenolic OH excluding ortho intramolecular Hbond substituents is 1. The maximum absolute atomic E-state index is 9.40. The number of aromatic hydroxyl groups is 1. The Morgan fingerprint density at radius 2 is 2.21 bits per heavy atom. The smallest absolute Gasteiger partial charge is 0.160 e. The van der Waals surface area contributed by atoms with E-state index in [2.05, 4.69) is 6.92 Å². The molecule has 0 saturated carbocycles. The molecular weight excluding hydrogens is 178 g/mol. The fourth-order valence-electron chi connectivity index (χ4n) is 1.42. The first-order valence-corrected chi connectivity index (χ1v) is 4.76. The highest BCUT2D eigenvalue weighted by molar-refractivity contribution is 5.42. The van der Waals surface area contributed by atoms with Gasteiger partial charge in [0.25, 0.3) is 0 Å². The van der Waals surface area contributed by atoms with Gasteiger partial charge >= 0.3 is 0 Å². The summed E-state index contributed by atoms with van der Waals surface area (Å²) in [5.41, 5.74) is 6.63. The van der Waals surface area contributed by atoms with Gasteiger partial charge in [0.2, 0.25) is 0 Å². The molecule has 0 aliphatic rings.